The van der Waals surface area contributed by atoms with Crippen LogP contribution in [0.1, 0.15) is 11.1 Å². The van der Waals surface area contributed by atoms with E-state index in [2.05, 4.69) is 0 Å². The minimum absolute atomic E-state index is 0.148. The van der Waals surface area contributed by atoms with Crippen molar-refractivity contribution >= 4 is 12.0 Å². The molecule has 0 unspecified atom stereocenters. The number of ether oxygens (including phenoxy) is 1. The lowest BCUT2D eigenvalue weighted by Crippen LogP contribution is -2.05. The monoisotopic (exact) mass is 271 g/mol. The summed E-state index contributed by atoms with van der Waals surface area (Å²) in [6, 6.07) is 13.6. The van der Waals surface area contributed by atoms with Crippen LogP contribution in [-0.2, 0) is 11.4 Å². The van der Waals surface area contributed by atoms with Crippen molar-refractivity contribution in [2.24, 2.45) is 5.73 Å². The second-order valence-electron chi connectivity index (χ2n) is 4.19. The molecule has 102 valence electrons. The second-order valence-corrected chi connectivity index (χ2v) is 4.19. The molecule has 0 aliphatic heterocycles. The largest absolute Gasteiger partial charge is 0.489 e. The molecule has 0 heterocycles. The van der Waals surface area contributed by atoms with Crippen molar-refractivity contribution in [2.75, 3.05) is 0 Å². The first-order chi connectivity index (χ1) is 9.65. The van der Waals surface area contributed by atoms with Gasteiger partial charge >= 0.3 is 0 Å². The second kappa shape index (κ2) is 6.52. The number of benzene rings is 2. The van der Waals surface area contributed by atoms with Gasteiger partial charge in [0.25, 0.3) is 0 Å². The maximum absolute atomic E-state index is 13.4. The van der Waals surface area contributed by atoms with Crippen LogP contribution in [0.5, 0.6) is 5.75 Å². The number of amides is 1. The Morgan fingerprint density at radius 2 is 2.00 bits per heavy atom. The normalized spacial score (nSPS) is 10.7. The molecule has 2 aromatic rings. The highest BCUT2D eigenvalue weighted by atomic mass is 19.1. The fourth-order valence-electron chi connectivity index (χ4n) is 1.66. The van der Waals surface area contributed by atoms with Crippen LogP contribution in [0.15, 0.2) is 54.6 Å². The summed E-state index contributed by atoms with van der Waals surface area (Å²) >= 11 is 0. The molecule has 20 heavy (non-hydrogen) atoms. The lowest BCUT2D eigenvalue weighted by molar-refractivity contribution is -0.113. The summed E-state index contributed by atoms with van der Waals surface area (Å²) in [6.07, 6.45) is 2.87. The van der Waals surface area contributed by atoms with E-state index < -0.39 is 5.91 Å². The summed E-state index contributed by atoms with van der Waals surface area (Å²) in [5, 5.41) is 0. The third-order valence-electron chi connectivity index (χ3n) is 2.65. The fraction of sp³-hybridized carbons (Fsp3) is 0.0625. The molecule has 2 aromatic carbocycles. The molecule has 0 atom stereocenters. The molecule has 2 rings (SSSR count). The summed E-state index contributed by atoms with van der Waals surface area (Å²) in [6.45, 7) is 0.148. The van der Waals surface area contributed by atoms with Gasteiger partial charge in [-0.2, -0.15) is 0 Å². The highest BCUT2D eigenvalue weighted by molar-refractivity contribution is 5.90. The molecule has 0 saturated heterocycles. The van der Waals surface area contributed by atoms with Gasteiger partial charge in [-0.15, -0.1) is 0 Å². The average Bonchev–Trinajstić information content (AvgIpc) is 2.45. The van der Waals surface area contributed by atoms with Crippen molar-refractivity contribution in [3.63, 3.8) is 0 Å². The summed E-state index contributed by atoms with van der Waals surface area (Å²) in [5.41, 5.74) is 6.31. The van der Waals surface area contributed by atoms with E-state index in [1.165, 1.54) is 12.1 Å². The van der Waals surface area contributed by atoms with E-state index in [1.807, 2.05) is 6.07 Å². The van der Waals surface area contributed by atoms with Crippen molar-refractivity contribution in [2.45, 2.75) is 6.61 Å². The molecule has 4 heteroatoms. The van der Waals surface area contributed by atoms with Gasteiger partial charge in [-0.3, -0.25) is 4.79 Å². The quantitative estimate of drug-likeness (QED) is 0.850. The highest BCUT2D eigenvalue weighted by Gasteiger charge is 2.02. The van der Waals surface area contributed by atoms with Gasteiger partial charge in [0, 0.05) is 11.6 Å². The molecule has 0 bridgehead atoms. The van der Waals surface area contributed by atoms with Crippen LogP contribution < -0.4 is 10.5 Å². The summed E-state index contributed by atoms with van der Waals surface area (Å²) < 4.78 is 19.0. The fourth-order valence-corrected chi connectivity index (χ4v) is 1.66. The van der Waals surface area contributed by atoms with Gasteiger partial charge < -0.3 is 10.5 Å². The van der Waals surface area contributed by atoms with Crippen LogP contribution in [0.3, 0.4) is 0 Å². The SMILES string of the molecule is NC(=O)/C=C/c1cccc(OCc2ccccc2F)c1. The van der Waals surface area contributed by atoms with Crippen LogP contribution in [-0.4, -0.2) is 5.91 Å². The van der Waals surface area contributed by atoms with E-state index in [1.54, 1.807) is 42.5 Å². The van der Waals surface area contributed by atoms with E-state index >= 15 is 0 Å². The standard InChI is InChI=1S/C16H14FNO2/c17-15-7-2-1-5-13(15)11-20-14-6-3-4-12(10-14)8-9-16(18)19/h1-10H,11H2,(H2,18,19)/b9-8+. The zero-order valence-electron chi connectivity index (χ0n) is 10.8. The minimum atomic E-state index is -0.511. The molecule has 0 aromatic heterocycles. The number of hydrogen-bond acceptors (Lipinski definition) is 2. The third-order valence-corrected chi connectivity index (χ3v) is 2.65. The Bertz CT molecular complexity index is 638. The summed E-state index contributed by atoms with van der Waals surface area (Å²) in [7, 11) is 0. The number of primary amides is 1. The van der Waals surface area contributed by atoms with Crippen LogP contribution in [0.2, 0.25) is 0 Å². The molecular formula is C16H14FNO2. The smallest absolute Gasteiger partial charge is 0.241 e. The zero-order chi connectivity index (χ0) is 14.4. The van der Waals surface area contributed by atoms with E-state index in [4.69, 9.17) is 10.5 Å². The van der Waals surface area contributed by atoms with Crippen LogP contribution in [0.25, 0.3) is 6.08 Å². The van der Waals surface area contributed by atoms with Crippen LogP contribution in [0.4, 0.5) is 4.39 Å². The van der Waals surface area contributed by atoms with Crippen molar-refractivity contribution in [3.8, 4) is 5.75 Å². The first-order valence-corrected chi connectivity index (χ1v) is 6.09. The first kappa shape index (κ1) is 13.8. The van der Waals surface area contributed by atoms with Gasteiger partial charge in [-0.25, -0.2) is 4.39 Å². The minimum Gasteiger partial charge on any atom is -0.489 e. The number of carbonyl (C=O) groups is 1. The molecule has 0 spiro atoms. The van der Waals surface area contributed by atoms with Gasteiger partial charge in [0.05, 0.1) is 0 Å². The predicted molar refractivity (Wildman–Crippen MR) is 75.4 cm³/mol. The molecule has 0 fully saturated rings. The van der Waals surface area contributed by atoms with Crippen LogP contribution >= 0.6 is 0 Å². The Balaban J connectivity index is 2.05. The lowest BCUT2D eigenvalue weighted by Gasteiger charge is -2.07. The lowest BCUT2D eigenvalue weighted by atomic mass is 10.2. The van der Waals surface area contributed by atoms with Crippen molar-refractivity contribution in [3.05, 3.63) is 71.6 Å². The summed E-state index contributed by atoms with van der Waals surface area (Å²) in [4.78, 5) is 10.7. The van der Waals surface area contributed by atoms with E-state index in [0.29, 0.717) is 11.3 Å². The Morgan fingerprint density at radius 1 is 1.20 bits per heavy atom. The molecule has 0 radical (unpaired) electrons. The number of nitrogens with two attached hydrogens (primary N) is 1. The molecule has 3 nitrogen and oxygen atoms in total. The highest BCUT2D eigenvalue weighted by Crippen LogP contribution is 2.17. The van der Waals surface area contributed by atoms with Gasteiger partial charge in [0.15, 0.2) is 0 Å². The Kier molecular flexibility index (Phi) is 4.50. The Hall–Kier alpha value is -2.62. The van der Waals surface area contributed by atoms with Crippen molar-refractivity contribution in [1.82, 2.24) is 0 Å². The maximum atomic E-state index is 13.4. The van der Waals surface area contributed by atoms with E-state index in [-0.39, 0.29) is 12.4 Å². The number of rotatable bonds is 5. The molecule has 2 N–H and O–H groups in total. The topological polar surface area (TPSA) is 52.3 Å². The summed E-state index contributed by atoms with van der Waals surface area (Å²) in [5.74, 6) is -0.208. The third kappa shape index (κ3) is 3.95. The predicted octanol–water partition coefficient (Wildman–Crippen LogP) is 2.90. The first-order valence-electron chi connectivity index (χ1n) is 6.09. The Morgan fingerprint density at radius 3 is 2.75 bits per heavy atom. The van der Waals surface area contributed by atoms with Gasteiger partial charge in [-0.1, -0.05) is 30.3 Å². The van der Waals surface area contributed by atoms with Crippen LogP contribution in [0, 0.1) is 5.82 Å². The molecule has 0 saturated carbocycles. The molecule has 0 aliphatic carbocycles. The molecule has 1 amide bonds. The maximum Gasteiger partial charge on any atom is 0.241 e. The number of carbonyl (C=O) groups excluding carboxylic acids is 1. The van der Waals surface area contributed by atoms with Crippen molar-refractivity contribution < 1.29 is 13.9 Å². The number of hydrogen-bond donors (Lipinski definition) is 1. The Labute approximate surface area is 116 Å². The van der Waals surface area contributed by atoms with Gasteiger partial charge in [0.2, 0.25) is 5.91 Å². The average molecular weight is 271 g/mol. The van der Waals surface area contributed by atoms with Crippen molar-refractivity contribution in [1.29, 1.82) is 0 Å². The molecular weight excluding hydrogens is 257 g/mol. The van der Waals surface area contributed by atoms with E-state index in [0.717, 1.165) is 5.56 Å². The van der Waals surface area contributed by atoms with Gasteiger partial charge in [-0.05, 0) is 29.8 Å². The van der Waals surface area contributed by atoms with E-state index in [9.17, 15) is 9.18 Å². The van der Waals surface area contributed by atoms with Gasteiger partial charge in [0.1, 0.15) is 18.2 Å². The molecule has 0 aliphatic rings. The zero-order valence-corrected chi connectivity index (χ0v) is 10.8. The number of halogens is 1.